The maximum absolute atomic E-state index is 12.5. The molecule has 0 bridgehead atoms. The summed E-state index contributed by atoms with van der Waals surface area (Å²) < 4.78 is 27.8. The van der Waals surface area contributed by atoms with Crippen LogP contribution >= 0.6 is 11.3 Å². The molecule has 21 heavy (non-hydrogen) atoms. The van der Waals surface area contributed by atoms with Crippen LogP contribution in [0.4, 0.5) is 0 Å². The van der Waals surface area contributed by atoms with E-state index in [0.717, 1.165) is 23.6 Å². The zero-order chi connectivity index (χ0) is 14.9. The molecule has 2 fully saturated rings. The van der Waals surface area contributed by atoms with Crippen molar-refractivity contribution >= 4 is 21.4 Å². The fraction of sp³-hybridized carbons (Fsp3) is 0.733. The standard InChI is InChI=1S/C15H24N2O2S2/c1-11-2-3-12(8-11)9-17-21(18,19)15-6-7-20-14(15)10-16-13-4-5-13/h6-7,11-13,16-17H,2-5,8-10H2,1H3. The minimum absolute atomic E-state index is 0.465. The molecule has 2 aliphatic carbocycles. The topological polar surface area (TPSA) is 58.2 Å². The zero-order valence-electron chi connectivity index (χ0n) is 12.5. The lowest BCUT2D eigenvalue weighted by Crippen LogP contribution is -2.29. The van der Waals surface area contributed by atoms with Gasteiger partial charge in [-0.1, -0.05) is 13.3 Å². The molecule has 1 aromatic heterocycles. The molecule has 1 aromatic rings. The largest absolute Gasteiger partial charge is 0.309 e. The number of hydrogen-bond acceptors (Lipinski definition) is 4. The minimum atomic E-state index is -3.36. The van der Waals surface area contributed by atoms with Gasteiger partial charge in [0.2, 0.25) is 10.0 Å². The monoisotopic (exact) mass is 328 g/mol. The summed E-state index contributed by atoms with van der Waals surface area (Å²) in [5.41, 5.74) is 0. The number of nitrogens with one attached hydrogen (secondary N) is 2. The molecular weight excluding hydrogens is 304 g/mol. The number of sulfonamides is 1. The average molecular weight is 329 g/mol. The van der Waals surface area contributed by atoms with E-state index >= 15 is 0 Å². The van der Waals surface area contributed by atoms with E-state index in [2.05, 4.69) is 17.0 Å². The highest BCUT2D eigenvalue weighted by Crippen LogP contribution is 2.30. The third kappa shape index (κ3) is 4.06. The van der Waals surface area contributed by atoms with Gasteiger partial charge in [0.15, 0.2) is 0 Å². The molecule has 6 heteroatoms. The Labute approximate surface area is 131 Å². The molecular formula is C15H24N2O2S2. The molecule has 4 nitrogen and oxygen atoms in total. The van der Waals surface area contributed by atoms with Gasteiger partial charge in [0.05, 0.1) is 4.90 Å². The van der Waals surface area contributed by atoms with Crippen molar-refractivity contribution in [3.05, 3.63) is 16.3 Å². The van der Waals surface area contributed by atoms with Gasteiger partial charge in [-0.05, 0) is 49.0 Å². The average Bonchev–Trinajstić information content (AvgIpc) is 2.97. The van der Waals surface area contributed by atoms with Crippen LogP contribution in [0.5, 0.6) is 0 Å². The third-order valence-electron chi connectivity index (χ3n) is 4.49. The van der Waals surface area contributed by atoms with Crippen molar-refractivity contribution in [1.82, 2.24) is 10.0 Å². The van der Waals surface area contributed by atoms with Crippen molar-refractivity contribution in [2.75, 3.05) is 6.54 Å². The predicted octanol–water partition coefficient (Wildman–Crippen LogP) is 2.71. The Morgan fingerprint density at radius 2 is 2.10 bits per heavy atom. The number of hydrogen-bond donors (Lipinski definition) is 2. The molecule has 2 atom stereocenters. The Kier molecular flexibility index (Phi) is 4.69. The van der Waals surface area contributed by atoms with Crippen molar-refractivity contribution in [2.45, 2.75) is 56.5 Å². The quantitative estimate of drug-likeness (QED) is 0.809. The minimum Gasteiger partial charge on any atom is -0.309 e. The van der Waals surface area contributed by atoms with Gasteiger partial charge >= 0.3 is 0 Å². The van der Waals surface area contributed by atoms with Gasteiger partial charge in [-0.2, -0.15) is 0 Å². The second-order valence-electron chi connectivity index (χ2n) is 6.50. The third-order valence-corrected chi connectivity index (χ3v) is 7.05. The molecule has 0 aliphatic heterocycles. The first-order valence-corrected chi connectivity index (χ1v) is 10.2. The van der Waals surface area contributed by atoms with Crippen LogP contribution < -0.4 is 10.0 Å². The maximum atomic E-state index is 12.5. The molecule has 0 spiro atoms. The van der Waals surface area contributed by atoms with E-state index in [1.807, 2.05) is 5.38 Å². The lowest BCUT2D eigenvalue weighted by atomic mass is 10.1. The van der Waals surface area contributed by atoms with Gasteiger partial charge in [0, 0.05) is 24.0 Å². The highest BCUT2D eigenvalue weighted by atomic mass is 32.2. The van der Waals surface area contributed by atoms with E-state index in [4.69, 9.17) is 0 Å². The first-order valence-electron chi connectivity index (χ1n) is 7.84. The van der Waals surface area contributed by atoms with Gasteiger partial charge in [-0.15, -0.1) is 11.3 Å². The molecule has 2 unspecified atom stereocenters. The normalized spacial score (nSPS) is 26.3. The number of thiophene rings is 1. The Balaban J connectivity index is 1.59. The Morgan fingerprint density at radius 3 is 2.76 bits per heavy atom. The molecule has 0 radical (unpaired) electrons. The fourth-order valence-corrected chi connectivity index (χ4v) is 5.55. The summed E-state index contributed by atoms with van der Waals surface area (Å²) in [5.74, 6) is 1.24. The van der Waals surface area contributed by atoms with E-state index in [1.165, 1.54) is 30.6 Å². The summed E-state index contributed by atoms with van der Waals surface area (Å²) in [5, 5.41) is 5.26. The summed E-state index contributed by atoms with van der Waals surface area (Å²) in [7, 11) is -3.36. The summed E-state index contributed by atoms with van der Waals surface area (Å²) in [6.45, 7) is 3.49. The Morgan fingerprint density at radius 1 is 1.29 bits per heavy atom. The van der Waals surface area contributed by atoms with E-state index < -0.39 is 10.0 Å². The molecule has 1 heterocycles. The van der Waals surface area contributed by atoms with Crippen molar-refractivity contribution < 1.29 is 8.42 Å². The first kappa shape index (κ1) is 15.5. The molecule has 0 amide bonds. The van der Waals surface area contributed by atoms with Crippen LogP contribution in [0.2, 0.25) is 0 Å². The lowest BCUT2D eigenvalue weighted by Gasteiger charge is -2.12. The van der Waals surface area contributed by atoms with Crippen LogP contribution in [-0.4, -0.2) is 21.0 Å². The van der Waals surface area contributed by atoms with Gasteiger partial charge in [-0.3, -0.25) is 0 Å². The molecule has 118 valence electrons. The fourth-order valence-electron chi connectivity index (χ4n) is 3.04. The first-order chi connectivity index (χ1) is 10.0. The second-order valence-corrected chi connectivity index (χ2v) is 9.24. The van der Waals surface area contributed by atoms with E-state index in [0.29, 0.717) is 29.9 Å². The van der Waals surface area contributed by atoms with Crippen LogP contribution in [0, 0.1) is 11.8 Å². The lowest BCUT2D eigenvalue weighted by molar-refractivity contribution is 0.498. The molecule has 0 saturated heterocycles. The van der Waals surface area contributed by atoms with E-state index in [1.54, 1.807) is 6.07 Å². The number of rotatable bonds is 7. The summed E-state index contributed by atoms with van der Waals surface area (Å²) in [4.78, 5) is 1.39. The summed E-state index contributed by atoms with van der Waals surface area (Å²) in [6, 6.07) is 2.32. The van der Waals surface area contributed by atoms with E-state index in [9.17, 15) is 8.42 Å². The molecule has 2 aliphatic rings. The Bertz CT molecular complexity index is 578. The maximum Gasteiger partial charge on any atom is 0.241 e. The van der Waals surface area contributed by atoms with Gasteiger partial charge in [-0.25, -0.2) is 13.1 Å². The summed E-state index contributed by atoms with van der Waals surface area (Å²) in [6.07, 6.45) is 5.93. The van der Waals surface area contributed by atoms with Gasteiger partial charge in [0.1, 0.15) is 0 Å². The van der Waals surface area contributed by atoms with Crippen LogP contribution in [0.15, 0.2) is 16.3 Å². The Hall–Kier alpha value is -0.430. The van der Waals surface area contributed by atoms with Crippen molar-refractivity contribution in [3.63, 3.8) is 0 Å². The highest BCUT2D eigenvalue weighted by molar-refractivity contribution is 7.89. The van der Waals surface area contributed by atoms with Crippen LogP contribution in [-0.2, 0) is 16.6 Å². The van der Waals surface area contributed by atoms with Crippen molar-refractivity contribution in [1.29, 1.82) is 0 Å². The molecule has 0 aromatic carbocycles. The highest BCUT2D eigenvalue weighted by Gasteiger charge is 2.26. The van der Waals surface area contributed by atoms with Gasteiger partial charge < -0.3 is 5.32 Å². The predicted molar refractivity (Wildman–Crippen MR) is 85.9 cm³/mol. The van der Waals surface area contributed by atoms with Crippen molar-refractivity contribution in [2.24, 2.45) is 11.8 Å². The van der Waals surface area contributed by atoms with Gasteiger partial charge in [0.25, 0.3) is 0 Å². The molecule has 2 saturated carbocycles. The SMILES string of the molecule is CC1CCC(CNS(=O)(=O)c2ccsc2CNC2CC2)C1. The van der Waals surface area contributed by atoms with Crippen LogP contribution in [0.25, 0.3) is 0 Å². The van der Waals surface area contributed by atoms with Crippen molar-refractivity contribution in [3.8, 4) is 0 Å². The molecule has 3 rings (SSSR count). The van der Waals surface area contributed by atoms with E-state index in [-0.39, 0.29) is 0 Å². The van der Waals surface area contributed by atoms with Crippen LogP contribution in [0.1, 0.15) is 43.9 Å². The zero-order valence-corrected chi connectivity index (χ0v) is 14.1. The smallest absolute Gasteiger partial charge is 0.241 e. The second kappa shape index (κ2) is 6.36. The summed E-state index contributed by atoms with van der Waals surface area (Å²) >= 11 is 1.52. The molecule has 2 N–H and O–H groups in total. The van der Waals surface area contributed by atoms with Crippen LogP contribution in [0.3, 0.4) is 0 Å².